The van der Waals surface area contributed by atoms with Crippen molar-refractivity contribution in [3.05, 3.63) is 29.6 Å². The fourth-order valence-electron chi connectivity index (χ4n) is 2.19. The van der Waals surface area contributed by atoms with Gasteiger partial charge in [0.25, 0.3) is 0 Å². The first-order chi connectivity index (χ1) is 10.0. The first kappa shape index (κ1) is 15.2. The van der Waals surface area contributed by atoms with Gasteiger partial charge in [0.15, 0.2) is 0 Å². The quantitative estimate of drug-likeness (QED) is 0.834. The number of urea groups is 1. The molecule has 0 aromatic carbocycles. The predicted octanol–water partition coefficient (Wildman–Crippen LogP) is 0.302. The number of piperazine rings is 1. The molecular weight excluding hydrogens is 272 g/mol. The molecule has 0 bridgehead atoms. The van der Waals surface area contributed by atoms with Gasteiger partial charge in [0.05, 0.1) is 6.54 Å². The zero-order chi connectivity index (χ0) is 15.2. The fraction of sp³-hybridized carbons (Fsp3) is 0.500. The van der Waals surface area contributed by atoms with E-state index < -0.39 is 5.97 Å². The molecule has 2 heterocycles. The highest BCUT2D eigenvalue weighted by Crippen LogP contribution is 2.03. The van der Waals surface area contributed by atoms with E-state index in [-0.39, 0.29) is 12.6 Å². The minimum atomic E-state index is -0.834. The van der Waals surface area contributed by atoms with Gasteiger partial charge in [-0.3, -0.25) is 14.7 Å². The SMILES string of the molecule is Cc1ccc(CNC(=O)N2CCN(CC(=O)O)CC2)cn1. The number of nitrogens with zero attached hydrogens (tertiary/aromatic N) is 3. The van der Waals surface area contributed by atoms with Crippen LogP contribution in [-0.2, 0) is 11.3 Å². The van der Waals surface area contributed by atoms with Crippen LogP contribution in [0, 0.1) is 6.92 Å². The summed E-state index contributed by atoms with van der Waals surface area (Å²) in [5, 5.41) is 11.6. The van der Waals surface area contributed by atoms with Crippen LogP contribution in [0.4, 0.5) is 4.79 Å². The van der Waals surface area contributed by atoms with Gasteiger partial charge in [0.1, 0.15) is 0 Å². The van der Waals surface area contributed by atoms with Gasteiger partial charge >= 0.3 is 12.0 Å². The van der Waals surface area contributed by atoms with Crippen molar-refractivity contribution in [3.8, 4) is 0 Å². The van der Waals surface area contributed by atoms with E-state index in [0.29, 0.717) is 32.7 Å². The summed E-state index contributed by atoms with van der Waals surface area (Å²) in [6.07, 6.45) is 1.75. The van der Waals surface area contributed by atoms with Gasteiger partial charge in [0.2, 0.25) is 0 Å². The highest BCUT2D eigenvalue weighted by Gasteiger charge is 2.21. The molecule has 1 aromatic rings. The second-order valence-corrected chi connectivity index (χ2v) is 5.12. The zero-order valence-corrected chi connectivity index (χ0v) is 12.1. The van der Waals surface area contributed by atoms with E-state index >= 15 is 0 Å². The molecule has 0 saturated carbocycles. The molecule has 114 valence electrons. The maximum absolute atomic E-state index is 12.0. The number of hydrogen-bond donors (Lipinski definition) is 2. The van der Waals surface area contributed by atoms with E-state index in [1.54, 1.807) is 11.1 Å². The highest BCUT2D eigenvalue weighted by atomic mass is 16.4. The Hall–Kier alpha value is -2.15. The van der Waals surface area contributed by atoms with Crippen LogP contribution in [0.1, 0.15) is 11.3 Å². The van der Waals surface area contributed by atoms with Gasteiger partial charge in [-0.05, 0) is 18.6 Å². The molecule has 1 saturated heterocycles. The number of hydrogen-bond acceptors (Lipinski definition) is 4. The lowest BCUT2D eigenvalue weighted by Crippen LogP contribution is -2.52. The van der Waals surface area contributed by atoms with E-state index in [2.05, 4.69) is 10.3 Å². The molecule has 7 nitrogen and oxygen atoms in total. The number of carbonyl (C=O) groups excluding carboxylic acids is 1. The van der Waals surface area contributed by atoms with Crippen molar-refractivity contribution in [1.82, 2.24) is 20.1 Å². The van der Waals surface area contributed by atoms with Crippen molar-refractivity contribution in [2.75, 3.05) is 32.7 Å². The molecule has 0 spiro atoms. The van der Waals surface area contributed by atoms with Crippen LogP contribution in [0.3, 0.4) is 0 Å². The Morgan fingerprint density at radius 1 is 1.29 bits per heavy atom. The molecule has 1 aromatic heterocycles. The summed E-state index contributed by atoms with van der Waals surface area (Å²) in [7, 11) is 0. The monoisotopic (exact) mass is 292 g/mol. The van der Waals surface area contributed by atoms with E-state index in [1.807, 2.05) is 24.0 Å². The second-order valence-electron chi connectivity index (χ2n) is 5.12. The first-order valence-corrected chi connectivity index (χ1v) is 6.93. The van der Waals surface area contributed by atoms with Crippen molar-refractivity contribution in [2.24, 2.45) is 0 Å². The van der Waals surface area contributed by atoms with Gasteiger partial charge < -0.3 is 15.3 Å². The number of aliphatic carboxylic acids is 1. The topological polar surface area (TPSA) is 85.8 Å². The van der Waals surface area contributed by atoms with Crippen LogP contribution in [-0.4, -0.2) is 64.6 Å². The Kier molecular flexibility index (Phi) is 5.10. The minimum Gasteiger partial charge on any atom is -0.480 e. The number of aromatic nitrogens is 1. The normalized spacial score (nSPS) is 15.8. The number of pyridine rings is 1. The van der Waals surface area contributed by atoms with Crippen molar-refractivity contribution < 1.29 is 14.7 Å². The number of amides is 2. The Morgan fingerprint density at radius 3 is 2.57 bits per heavy atom. The van der Waals surface area contributed by atoms with Crippen molar-refractivity contribution in [2.45, 2.75) is 13.5 Å². The van der Waals surface area contributed by atoms with Crippen LogP contribution in [0.5, 0.6) is 0 Å². The van der Waals surface area contributed by atoms with Crippen molar-refractivity contribution in [3.63, 3.8) is 0 Å². The maximum atomic E-state index is 12.0. The van der Waals surface area contributed by atoms with Gasteiger partial charge in [-0.15, -0.1) is 0 Å². The van der Waals surface area contributed by atoms with Gasteiger partial charge in [-0.25, -0.2) is 4.79 Å². The fourth-order valence-corrected chi connectivity index (χ4v) is 2.19. The van der Waals surface area contributed by atoms with Gasteiger partial charge in [-0.2, -0.15) is 0 Å². The van der Waals surface area contributed by atoms with E-state index in [0.717, 1.165) is 11.3 Å². The summed E-state index contributed by atoms with van der Waals surface area (Å²) in [4.78, 5) is 30.4. The lowest BCUT2D eigenvalue weighted by atomic mass is 10.2. The average Bonchev–Trinajstić information content (AvgIpc) is 2.46. The third-order valence-electron chi connectivity index (χ3n) is 3.43. The molecule has 1 aliphatic heterocycles. The van der Waals surface area contributed by atoms with E-state index in [1.165, 1.54) is 0 Å². The molecule has 0 atom stereocenters. The molecule has 2 N–H and O–H groups in total. The Bertz CT molecular complexity index is 495. The highest BCUT2D eigenvalue weighted by molar-refractivity contribution is 5.74. The van der Waals surface area contributed by atoms with Crippen molar-refractivity contribution >= 4 is 12.0 Å². The summed E-state index contributed by atoms with van der Waals surface area (Å²) in [5.74, 6) is -0.834. The summed E-state index contributed by atoms with van der Waals surface area (Å²) in [5.41, 5.74) is 1.90. The second kappa shape index (κ2) is 7.03. The number of carbonyl (C=O) groups is 2. The molecular formula is C14H20N4O3. The zero-order valence-electron chi connectivity index (χ0n) is 12.1. The molecule has 21 heavy (non-hydrogen) atoms. The third kappa shape index (κ3) is 4.71. The van der Waals surface area contributed by atoms with E-state index in [9.17, 15) is 9.59 Å². The van der Waals surface area contributed by atoms with Crippen LogP contribution in [0.15, 0.2) is 18.3 Å². The summed E-state index contributed by atoms with van der Waals surface area (Å²) in [6, 6.07) is 3.73. The molecule has 0 radical (unpaired) electrons. The molecule has 0 unspecified atom stereocenters. The molecule has 1 aliphatic rings. The number of nitrogens with one attached hydrogen (secondary N) is 1. The summed E-state index contributed by atoms with van der Waals surface area (Å²) < 4.78 is 0. The Morgan fingerprint density at radius 2 is 2.00 bits per heavy atom. The van der Waals surface area contributed by atoms with E-state index in [4.69, 9.17) is 5.11 Å². The standard InChI is InChI=1S/C14H20N4O3/c1-11-2-3-12(8-15-11)9-16-14(21)18-6-4-17(5-7-18)10-13(19)20/h2-3,8H,4-7,9-10H2,1H3,(H,16,21)(H,19,20). The van der Waals surface area contributed by atoms with Crippen LogP contribution >= 0.6 is 0 Å². The number of aryl methyl sites for hydroxylation is 1. The number of rotatable bonds is 4. The summed E-state index contributed by atoms with van der Waals surface area (Å²) >= 11 is 0. The number of carboxylic acid groups (broad SMARTS) is 1. The van der Waals surface area contributed by atoms with Crippen LogP contribution in [0.25, 0.3) is 0 Å². The molecule has 7 heteroatoms. The lowest BCUT2D eigenvalue weighted by Gasteiger charge is -2.33. The molecule has 1 fully saturated rings. The minimum absolute atomic E-state index is 0.0322. The third-order valence-corrected chi connectivity index (χ3v) is 3.43. The van der Waals surface area contributed by atoms with Crippen LogP contribution < -0.4 is 5.32 Å². The molecule has 0 aliphatic carbocycles. The largest absolute Gasteiger partial charge is 0.480 e. The molecule has 2 amide bonds. The number of carboxylic acids is 1. The Balaban J connectivity index is 1.74. The van der Waals surface area contributed by atoms with Gasteiger partial charge in [-0.1, -0.05) is 6.07 Å². The predicted molar refractivity (Wildman–Crippen MR) is 76.9 cm³/mol. The van der Waals surface area contributed by atoms with Crippen LogP contribution in [0.2, 0.25) is 0 Å². The smallest absolute Gasteiger partial charge is 0.317 e. The lowest BCUT2D eigenvalue weighted by molar-refractivity contribution is -0.138. The average molecular weight is 292 g/mol. The maximum Gasteiger partial charge on any atom is 0.317 e. The Labute approximate surface area is 123 Å². The summed E-state index contributed by atoms with van der Waals surface area (Å²) in [6.45, 7) is 4.67. The molecule has 2 rings (SSSR count). The first-order valence-electron chi connectivity index (χ1n) is 6.93. The van der Waals surface area contributed by atoms with Crippen molar-refractivity contribution in [1.29, 1.82) is 0 Å². The van der Waals surface area contributed by atoms with Gasteiger partial charge in [0, 0.05) is 44.6 Å².